The Bertz CT molecular complexity index is 1070. The van der Waals surface area contributed by atoms with Crippen molar-refractivity contribution in [2.75, 3.05) is 0 Å². The number of nitrogens with one attached hydrogen (secondary N) is 1. The van der Waals surface area contributed by atoms with Gasteiger partial charge in [0.25, 0.3) is 5.69 Å². The van der Waals surface area contributed by atoms with Crippen LogP contribution in [0.4, 0.5) is 5.69 Å². The Kier molecular flexibility index (Phi) is 7.13. The normalized spacial score (nSPS) is 10.7. The van der Waals surface area contributed by atoms with Crippen molar-refractivity contribution >= 4 is 29.4 Å². The average Bonchev–Trinajstić information content (AvgIpc) is 2.74. The third kappa shape index (κ3) is 5.89. The van der Waals surface area contributed by atoms with Crippen molar-refractivity contribution in [3.63, 3.8) is 0 Å². The lowest BCUT2D eigenvalue weighted by atomic mass is 10.1. The molecule has 0 bridgehead atoms. The largest absolute Gasteiger partial charge is 0.489 e. The summed E-state index contributed by atoms with van der Waals surface area (Å²) in [4.78, 5) is 22.5. The molecule has 0 heterocycles. The van der Waals surface area contributed by atoms with Crippen LogP contribution < -0.4 is 10.2 Å². The number of ether oxygens (including phenoxy) is 1. The molecule has 0 unspecified atom stereocenters. The predicted molar refractivity (Wildman–Crippen MR) is 115 cm³/mol. The number of nitrogens with zero attached hydrogens (tertiary/aromatic N) is 2. The molecule has 3 aromatic carbocycles. The zero-order valence-corrected chi connectivity index (χ0v) is 16.6. The Balaban J connectivity index is 1.51. The minimum atomic E-state index is -0.513. The Morgan fingerprint density at radius 3 is 2.40 bits per heavy atom. The fourth-order valence-electron chi connectivity index (χ4n) is 2.66. The zero-order chi connectivity index (χ0) is 21.3. The maximum atomic E-state index is 12.0. The molecule has 0 atom stereocenters. The molecule has 0 aliphatic carbocycles. The van der Waals surface area contributed by atoms with Gasteiger partial charge in [-0.05, 0) is 35.9 Å². The molecule has 0 saturated heterocycles. The number of para-hydroxylation sites is 1. The van der Waals surface area contributed by atoms with Gasteiger partial charge in [-0.2, -0.15) is 5.10 Å². The molecule has 30 heavy (non-hydrogen) atoms. The van der Waals surface area contributed by atoms with Crippen LogP contribution in [0.5, 0.6) is 5.75 Å². The van der Waals surface area contributed by atoms with Crippen LogP contribution in [-0.4, -0.2) is 17.0 Å². The van der Waals surface area contributed by atoms with Gasteiger partial charge >= 0.3 is 0 Å². The van der Waals surface area contributed by atoms with Crippen molar-refractivity contribution in [2.45, 2.75) is 13.0 Å². The lowest BCUT2D eigenvalue weighted by Gasteiger charge is -2.07. The lowest BCUT2D eigenvalue weighted by Crippen LogP contribution is -2.20. The first-order valence-electron chi connectivity index (χ1n) is 9.03. The summed E-state index contributed by atoms with van der Waals surface area (Å²) >= 11 is 6.11. The van der Waals surface area contributed by atoms with E-state index >= 15 is 0 Å². The quantitative estimate of drug-likeness (QED) is 0.327. The fourth-order valence-corrected chi connectivity index (χ4v) is 2.85. The number of benzene rings is 3. The highest BCUT2D eigenvalue weighted by atomic mass is 35.5. The van der Waals surface area contributed by atoms with E-state index in [0.29, 0.717) is 22.9 Å². The summed E-state index contributed by atoms with van der Waals surface area (Å²) in [6, 6.07) is 20.7. The predicted octanol–water partition coefficient (Wildman–Crippen LogP) is 4.52. The number of hydrazone groups is 1. The van der Waals surface area contributed by atoms with Crippen LogP contribution in [0.25, 0.3) is 0 Å². The molecule has 3 aromatic rings. The maximum absolute atomic E-state index is 12.0. The average molecular weight is 424 g/mol. The standard InChI is InChI=1S/C22H18ClN3O4/c23-20-7-3-1-6-18(20)15-30-19-11-9-16(10-12-19)14-24-25-22(27)13-17-5-2-4-8-21(17)26(28)29/h1-12,14H,13,15H2,(H,25,27)/b24-14+. The number of nitro groups is 1. The van der Waals surface area contributed by atoms with Crippen LogP contribution in [0, 0.1) is 10.1 Å². The van der Waals surface area contributed by atoms with Gasteiger partial charge in [-0.25, -0.2) is 5.43 Å². The molecule has 0 saturated carbocycles. The van der Waals surface area contributed by atoms with E-state index in [1.165, 1.54) is 12.3 Å². The molecule has 3 rings (SSSR count). The maximum Gasteiger partial charge on any atom is 0.273 e. The molecule has 1 N–H and O–H groups in total. The van der Waals surface area contributed by atoms with Crippen molar-refractivity contribution in [1.82, 2.24) is 5.43 Å². The first kappa shape index (κ1) is 21.0. The number of nitro benzene ring substituents is 1. The number of amides is 1. The van der Waals surface area contributed by atoms with E-state index < -0.39 is 10.8 Å². The van der Waals surface area contributed by atoms with Gasteiger partial charge in [0.2, 0.25) is 5.91 Å². The second kappa shape index (κ2) is 10.2. The van der Waals surface area contributed by atoms with Gasteiger partial charge in [0.1, 0.15) is 12.4 Å². The zero-order valence-electron chi connectivity index (χ0n) is 15.8. The van der Waals surface area contributed by atoms with E-state index in [9.17, 15) is 14.9 Å². The molecular weight excluding hydrogens is 406 g/mol. The Morgan fingerprint density at radius 2 is 1.70 bits per heavy atom. The summed E-state index contributed by atoms with van der Waals surface area (Å²) in [5.74, 6) is 0.229. The molecule has 0 aromatic heterocycles. The second-order valence-corrected chi connectivity index (χ2v) is 6.71. The van der Waals surface area contributed by atoms with Crippen molar-refractivity contribution in [1.29, 1.82) is 0 Å². The number of hydrogen-bond acceptors (Lipinski definition) is 5. The number of carbonyl (C=O) groups excluding carboxylic acids is 1. The topological polar surface area (TPSA) is 93.8 Å². The highest BCUT2D eigenvalue weighted by molar-refractivity contribution is 6.31. The molecule has 7 nitrogen and oxygen atoms in total. The van der Waals surface area contributed by atoms with Crippen LogP contribution >= 0.6 is 11.6 Å². The summed E-state index contributed by atoms with van der Waals surface area (Å²) in [6.07, 6.45) is 1.35. The summed E-state index contributed by atoms with van der Waals surface area (Å²) in [7, 11) is 0. The van der Waals surface area contributed by atoms with Gasteiger partial charge in [-0.15, -0.1) is 0 Å². The Labute approximate surface area is 178 Å². The van der Waals surface area contributed by atoms with Crippen molar-refractivity contribution in [2.24, 2.45) is 5.10 Å². The summed E-state index contributed by atoms with van der Waals surface area (Å²) in [5, 5.41) is 15.5. The fraction of sp³-hybridized carbons (Fsp3) is 0.0909. The first-order valence-corrected chi connectivity index (χ1v) is 9.41. The molecule has 1 amide bonds. The van der Waals surface area contributed by atoms with E-state index in [0.717, 1.165) is 11.1 Å². The van der Waals surface area contributed by atoms with Crippen LogP contribution in [-0.2, 0) is 17.8 Å². The third-order valence-electron chi connectivity index (χ3n) is 4.17. The van der Waals surface area contributed by atoms with Crippen LogP contribution in [0.3, 0.4) is 0 Å². The monoisotopic (exact) mass is 423 g/mol. The molecule has 152 valence electrons. The summed E-state index contributed by atoms with van der Waals surface area (Å²) < 4.78 is 5.71. The van der Waals surface area contributed by atoms with Gasteiger partial charge in [0.05, 0.1) is 17.6 Å². The van der Waals surface area contributed by atoms with Crippen molar-refractivity contribution in [3.8, 4) is 5.75 Å². The first-order chi connectivity index (χ1) is 14.5. The number of carbonyl (C=O) groups is 1. The Morgan fingerprint density at radius 1 is 1.03 bits per heavy atom. The van der Waals surface area contributed by atoms with Crippen LogP contribution in [0.1, 0.15) is 16.7 Å². The van der Waals surface area contributed by atoms with E-state index in [1.54, 1.807) is 42.5 Å². The molecule has 0 aliphatic rings. The highest BCUT2D eigenvalue weighted by Gasteiger charge is 2.14. The van der Waals surface area contributed by atoms with Crippen LogP contribution in [0.2, 0.25) is 5.02 Å². The SMILES string of the molecule is O=C(Cc1ccccc1[N+](=O)[O-])N/N=C/c1ccc(OCc2ccccc2Cl)cc1. The number of rotatable bonds is 8. The van der Waals surface area contributed by atoms with E-state index in [1.807, 2.05) is 24.3 Å². The molecular formula is C22H18ClN3O4. The molecule has 0 aliphatic heterocycles. The molecule has 0 radical (unpaired) electrons. The van der Waals surface area contributed by atoms with E-state index in [2.05, 4.69) is 10.5 Å². The smallest absolute Gasteiger partial charge is 0.273 e. The van der Waals surface area contributed by atoms with E-state index in [-0.39, 0.29) is 12.1 Å². The molecule has 0 fully saturated rings. The summed E-state index contributed by atoms with van der Waals surface area (Å²) in [6.45, 7) is 0.356. The summed E-state index contributed by atoms with van der Waals surface area (Å²) in [5.41, 5.74) is 4.26. The van der Waals surface area contributed by atoms with Gasteiger partial charge in [0.15, 0.2) is 0 Å². The van der Waals surface area contributed by atoms with Crippen molar-refractivity contribution in [3.05, 3.63) is 105 Å². The van der Waals surface area contributed by atoms with Gasteiger partial charge in [-0.3, -0.25) is 14.9 Å². The minimum absolute atomic E-state index is 0.0935. The van der Waals surface area contributed by atoms with Gasteiger partial charge in [0, 0.05) is 22.2 Å². The van der Waals surface area contributed by atoms with Gasteiger partial charge in [-0.1, -0.05) is 48.0 Å². The highest BCUT2D eigenvalue weighted by Crippen LogP contribution is 2.19. The van der Waals surface area contributed by atoms with E-state index in [4.69, 9.17) is 16.3 Å². The van der Waals surface area contributed by atoms with Gasteiger partial charge < -0.3 is 4.74 Å². The minimum Gasteiger partial charge on any atom is -0.489 e. The number of halogens is 1. The second-order valence-electron chi connectivity index (χ2n) is 6.30. The van der Waals surface area contributed by atoms with Crippen LogP contribution in [0.15, 0.2) is 77.9 Å². The molecule has 0 spiro atoms. The lowest BCUT2D eigenvalue weighted by molar-refractivity contribution is -0.385. The molecule has 8 heteroatoms. The van der Waals surface area contributed by atoms with Crippen molar-refractivity contribution < 1.29 is 14.5 Å². The third-order valence-corrected chi connectivity index (χ3v) is 4.54. The Hall–Kier alpha value is -3.71. The number of hydrogen-bond donors (Lipinski definition) is 1.